The fraction of sp³-hybridized carbons (Fsp3) is 0.444. The molecule has 1 aliphatic heterocycles. The summed E-state index contributed by atoms with van der Waals surface area (Å²) in [5.41, 5.74) is 2.28. The van der Waals surface area contributed by atoms with E-state index in [0.717, 1.165) is 43.0 Å². The van der Waals surface area contributed by atoms with Gasteiger partial charge in [0.2, 0.25) is 5.91 Å². The van der Waals surface area contributed by atoms with Gasteiger partial charge in [0.05, 0.1) is 29.8 Å². The highest BCUT2D eigenvalue weighted by atomic mass is 32.1. The minimum atomic E-state index is -0.0000586. The molecule has 1 amide bonds. The van der Waals surface area contributed by atoms with Gasteiger partial charge in [-0.2, -0.15) is 0 Å². The molecule has 1 aliphatic rings. The molecule has 2 heterocycles. The Hall–Kier alpha value is -1.72. The third kappa shape index (κ3) is 4.88. The summed E-state index contributed by atoms with van der Waals surface area (Å²) in [6.07, 6.45) is 3.84. The molecule has 1 saturated heterocycles. The SMILES string of the molecule is O=C(NCc1csc(CCc2ccccc2)n1)[C@@H]1CCCOC1. The molecule has 0 saturated carbocycles. The van der Waals surface area contributed by atoms with Gasteiger partial charge in [0.15, 0.2) is 0 Å². The normalized spacial score (nSPS) is 17.8. The van der Waals surface area contributed by atoms with Crippen LogP contribution in [-0.2, 0) is 28.9 Å². The second-order valence-electron chi connectivity index (χ2n) is 5.85. The third-order valence-corrected chi connectivity index (χ3v) is 5.00. The summed E-state index contributed by atoms with van der Waals surface area (Å²) in [7, 11) is 0. The van der Waals surface area contributed by atoms with Crippen molar-refractivity contribution in [2.24, 2.45) is 5.92 Å². The average molecular weight is 330 g/mol. The van der Waals surface area contributed by atoms with Crippen molar-refractivity contribution in [3.63, 3.8) is 0 Å². The standard InChI is InChI=1S/C18H22N2O2S/c21-18(15-7-4-10-22-12-15)19-11-16-13-23-17(20-16)9-8-14-5-2-1-3-6-14/h1-3,5-6,13,15H,4,7-12H2,(H,19,21)/t15-/m1/s1. The van der Waals surface area contributed by atoms with Crippen LogP contribution < -0.4 is 5.32 Å². The van der Waals surface area contributed by atoms with E-state index >= 15 is 0 Å². The first-order valence-electron chi connectivity index (χ1n) is 8.14. The van der Waals surface area contributed by atoms with Gasteiger partial charge in [0.25, 0.3) is 0 Å². The first-order chi connectivity index (χ1) is 11.3. The number of carbonyl (C=O) groups is 1. The van der Waals surface area contributed by atoms with Crippen LogP contribution in [0, 0.1) is 5.92 Å². The second kappa shape index (κ2) is 8.22. The second-order valence-corrected chi connectivity index (χ2v) is 6.79. The fourth-order valence-corrected chi connectivity index (χ4v) is 3.51. The highest BCUT2D eigenvalue weighted by Gasteiger charge is 2.21. The zero-order valence-corrected chi connectivity index (χ0v) is 14.0. The van der Waals surface area contributed by atoms with Gasteiger partial charge in [-0.3, -0.25) is 4.79 Å². The highest BCUT2D eigenvalue weighted by molar-refractivity contribution is 7.09. The van der Waals surface area contributed by atoms with E-state index in [4.69, 9.17) is 4.74 Å². The molecule has 4 nitrogen and oxygen atoms in total. The zero-order valence-electron chi connectivity index (χ0n) is 13.2. The van der Waals surface area contributed by atoms with Crippen molar-refractivity contribution in [2.75, 3.05) is 13.2 Å². The Morgan fingerprint density at radius 1 is 1.30 bits per heavy atom. The van der Waals surface area contributed by atoms with Gasteiger partial charge in [-0.1, -0.05) is 30.3 Å². The van der Waals surface area contributed by atoms with E-state index in [1.807, 2.05) is 11.4 Å². The lowest BCUT2D eigenvalue weighted by Gasteiger charge is -2.20. The smallest absolute Gasteiger partial charge is 0.225 e. The Kier molecular flexibility index (Phi) is 5.77. The van der Waals surface area contributed by atoms with Gasteiger partial charge in [-0.15, -0.1) is 11.3 Å². The Balaban J connectivity index is 1.44. The summed E-state index contributed by atoms with van der Waals surface area (Å²) in [5.74, 6) is 0.0865. The first-order valence-corrected chi connectivity index (χ1v) is 9.02. The van der Waals surface area contributed by atoms with E-state index in [0.29, 0.717) is 13.2 Å². The van der Waals surface area contributed by atoms with Crippen LogP contribution in [0.25, 0.3) is 0 Å². The molecule has 1 aromatic carbocycles. The van der Waals surface area contributed by atoms with Crippen LogP contribution in [-0.4, -0.2) is 24.1 Å². The molecule has 23 heavy (non-hydrogen) atoms. The van der Waals surface area contributed by atoms with Crippen LogP contribution >= 0.6 is 11.3 Å². The molecule has 1 aromatic heterocycles. The topological polar surface area (TPSA) is 51.2 Å². The molecule has 0 radical (unpaired) electrons. The minimum absolute atomic E-state index is 0.0000586. The number of thiazole rings is 1. The quantitative estimate of drug-likeness (QED) is 0.886. The number of nitrogens with zero attached hydrogens (tertiary/aromatic N) is 1. The molecule has 0 bridgehead atoms. The molecule has 3 rings (SSSR count). The van der Waals surface area contributed by atoms with E-state index in [-0.39, 0.29) is 11.8 Å². The van der Waals surface area contributed by atoms with Gasteiger partial charge >= 0.3 is 0 Å². The summed E-state index contributed by atoms with van der Waals surface area (Å²) in [5, 5.41) is 6.14. The molecule has 0 unspecified atom stereocenters. The molecule has 1 N–H and O–H groups in total. The van der Waals surface area contributed by atoms with E-state index in [1.165, 1.54) is 5.56 Å². The molecule has 122 valence electrons. The molecular weight excluding hydrogens is 308 g/mol. The van der Waals surface area contributed by atoms with Gasteiger partial charge in [0, 0.05) is 18.4 Å². The third-order valence-electron chi connectivity index (χ3n) is 4.04. The number of benzene rings is 1. The monoisotopic (exact) mass is 330 g/mol. The Morgan fingerprint density at radius 2 is 2.17 bits per heavy atom. The molecule has 1 atom stereocenters. The average Bonchev–Trinajstić information content (AvgIpc) is 3.07. The minimum Gasteiger partial charge on any atom is -0.381 e. The maximum atomic E-state index is 12.1. The summed E-state index contributed by atoms with van der Waals surface area (Å²) in [6.45, 7) is 1.84. The maximum absolute atomic E-state index is 12.1. The number of amides is 1. The van der Waals surface area contributed by atoms with E-state index in [1.54, 1.807) is 11.3 Å². The van der Waals surface area contributed by atoms with Crippen molar-refractivity contribution < 1.29 is 9.53 Å². The maximum Gasteiger partial charge on any atom is 0.225 e. The molecule has 0 aliphatic carbocycles. The van der Waals surface area contributed by atoms with Gasteiger partial charge in [0.1, 0.15) is 0 Å². The van der Waals surface area contributed by atoms with Gasteiger partial charge in [-0.25, -0.2) is 4.98 Å². The molecular formula is C18H22N2O2S. The van der Waals surface area contributed by atoms with Crippen LogP contribution in [0.1, 0.15) is 29.1 Å². The summed E-state index contributed by atoms with van der Waals surface area (Å²) in [6, 6.07) is 10.4. The van der Waals surface area contributed by atoms with Crippen LogP contribution in [0.5, 0.6) is 0 Å². The number of ether oxygens (including phenoxy) is 1. The van der Waals surface area contributed by atoms with Crippen molar-refractivity contribution >= 4 is 17.2 Å². The lowest BCUT2D eigenvalue weighted by molar-refractivity contribution is -0.129. The number of hydrogen-bond donors (Lipinski definition) is 1. The Morgan fingerprint density at radius 3 is 2.96 bits per heavy atom. The summed E-state index contributed by atoms with van der Waals surface area (Å²) < 4.78 is 5.36. The zero-order chi connectivity index (χ0) is 15.9. The molecule has 2 aromatic rings. The molecule has 0 spiro atoms. The van der Waals surface area contributed by atoms with E-state index in [9.17, 15) is 4.79 Å². The van der Waals surface area contributed by atoms with Gasteiger partial charge in [-0.05, 0) is 24.8 Å². The van der Waals surface area contributed by atoms with Crippen LogP contribution in [0.2, 0.25) is 0 Å². The van der Waals surface area contributed by atoms with Crippen LogP contribution in [0.4, 0.5) is 0 Å². The highest BCUT2D eigenvalue weighted by Crippen LogP contribution is 2.15. The molecule has 5 heteroatoms. The van der Waals surface area contributed by atoms with E-state index < -0.39 is 0 Å². The van der Waals surface area contributed by atoms with Crippen molar-refractivity contribution in [1.29, 1.82) is 0 Å². The Labute approximate surface area is 140 Å². The first kappa shape index (κ1) is 16.1. The number of aryl methyl sites for hydroxylation is 2. The van der Waals surface area contributed by atoms with Crippen molar-refractivity contribution in [3.05, 3.63) is 52.0 Å². The van der Waals surface area contributed by atoms with Gasteiger partial charge < -0.3 is 10.1 Å². The lowest BCUT2D eigenvalue weighted by Crippen LogP contribution is -2.35. The number of nitrogens with one attached hydrogen (secondary N) is 1. The Bertz CT molecular complexity index is 621. The number of aromatic nitrogens is 1. The summed E-state index contributed by atoms with van der Waals surface area (Å²) >= 11 is 1.67. The number of carbonyl (C=O) groups excluding carboxylic acids is 1. The lowest BCUT2D eigenvalue weighted by atomic mass is 10.0. The fourth-order valence-electron chi connectivity index (χ4n) is 2.71. The van der Waals surface area contributed by atoms with Crippen molar-refractivity contribution in [3.8, 4) is 0 Å². The summed E-state index contributed by atoms with van der Waals surface area (Å²) in [4.78, 5) is 16.7. The molecule has 1 fully saturated rings. The van der Waals surface area contributed by atoms with Crippen LogP contribution in [0.15, 0.2) is 35.7 Å². The number of rotatable bonds is 6. The predicted octanol–water partition coefficient (Wildman–Crippen LogP) is 2.97. The van der Waals surface area contributed by atoms with Crippen LogP contribution in [0.3, 0.4) is 0 Å². The predicted molar refractivity (Wildman–Crippen MR) is 91.4 cm³/mol. The largest absolute Gasteiger partial charge is 0.381 e. The van der Waals surface area contributed by atoms with E-state index in [2.05, 4.69) is 34.6 Å². The van der Waals surface area contributed by atoms with Crippen molar-refractivity contribution in [1.82, 2.24) is 10.3 Å². The number of hydrogen-bond acceptors (Lipinski definition) is 4. The van der Waals surface area contributed by atoms with Crippen molar-refractivity contribution in [2.45, 2.75) is 32.2 Å².